The van der Waals surface area contributed by atoms with Crippen LogP contribution in [0.4, 0.5) is 0 Å². The van der Waals surface area contributed by atoms with E-state index in [0.29, 0.717) is 24.4 Å². The highest BCUT2D eigenvalue weighted by atomic mass is 16.5. The number of fused-ring (bicyclic) bond motifs is 5. The molecule has 4 fully saturated rings. The fourth-order valence-electron chi connectivity index (χ4n) is 9.41. The Bertz CT molecular complexity index is 987. The minimum atomic E-state index is -0.724. The van der Waals surface area contributed by atoms with Crippen LogP contribution in [0.25, 0.3) is 0 Å². The molecule has 0 spiro atoms. The van der Waals surface area contributed by atoms with Crippen LogP contribution in [0.1, 0.15) is 77.2 Å². The van der Waals surface area contributed by atoms with Crippen LogP contribution in [0.2, 0.25) is 0 Å². The summed E-state index contributed by atoms with van der Waals surface area (Å²) in [7, 11) is 0. The molecule has 4 aliphatic carbocycles. The van der Waals surface area contributed by atoms with Gasteiger partial charge in [-0.25, -0.2) is 4.79 Å². The maximum Gasteiger partial charge on any atom is 0.331 e. The molecule has 33 heavy (non-hydrogen) atoms. The van der Waals surface area contributed by atoms with E-state index in [1.54, 1.807) is 6.08 Å². The molecule has 1 aliphatic heterocycles. The second-order valence-electron chi connectivity index (χ2n) is 12.4. The van der Waals surface area contributed by atoms with Gasteiger partial charge in [0.05, 0.1) is 11.2 Å². The summed E-state index contributed by atoms with van der Waals surface area (Å²) in [4.78, 5) is 11.8. The zero-order valence-corrected chi connectivity index (χ0v) is 20.1. The summed E-state index contributed by atoms with van der Waals surface area (Å²) < 4.78 is 5.25. The van der Waals surface area contributed by atoms with Crippen molar-refractivity contribution in [3.05, 3.63) is 47.5 Å². The predicted octanol–water partition coefficient (Wildman–Crippen LogP) is 5.13. The molecule has 1 aromatic carbocycles. The van der Waals surface area contributed by atoms with E-state index in [1.807, 2.05) is 18.2 Å². The lowest BCUT2D eigenvalue weighted by Crippen LogP contribution is -2.62. The molecule has 0 saturated heterocycles. The summed E-state index contributed by atoms with van der Waals surface area (Å²) in [5.74, 6) is 1.33. The molecule has 0 aromatic heterocycles. The maximum atomic E-state index is 12.3. The summed E-state index contributed by atoms with van der Waals surface area (Å²) in [6.07, 6.45) is 10.4. The Morgan fingerprint density at radius 1 is 0.909 bits per heavy atom. The lowest BCUT2D eigenvalue weighted by molar-refractivity contribution is -0.216. The molecule has 4 saturated carbocycles. The minimum absolute atomic E-state index is 0.171. The minimum Gasteiger partial charge on any atom is -0.458 e. The van der Waals surface area contributed by atoms with Crippen LogP contribution in [0.5, 0.6) is 0 Å². The van der Waals surface area contributed by atoms with Crippen molar-refractivity contribution < 1.29 is 19.7 Å². The second kappa shape index (κ2) is 7.18. The summed E-state index contributed by atoms with van der Waals surface area (Å²) in [5.41, 5.74) is 0.750. The fourth-order valence-corrected chi connectivity index (χ4v) is 9.41. The van der Waals surface area contributed by atoms with Crippen LogP contribution in [0.3, 0.4) is 0 Å². The summed E-state index contributed by atoms with van der Waals surface area (Å²) in [6.45, 7) is 5.15. The number of hydrogen-bond donors (Lipinski definition) is 2. The van der Waals surface area contributed by atoms with Gasteiger partial charge in [-0.05, 0) is 98.0 Å². The van der Waals surface area contributed by atoms with E-state index in [0.717, 1.165) is 68.9 Å². The number of hydrogen-bond acceptors (Lipinski definition) is 4. The van der Waals surface area contributed by atoms with Crippen molar-refractivity contribution in [1.82, 2.24) is 0 Å². The molecule has 5 aliphatic rings. The first-order valence-corrected chi connectivity index (χ1v) is 13.1. The Morgan fingerprint density at radius 2 is 1.70 bits per heavy atom. The lowest BCUT2D eigenvalue weighted by atomic mass is 9.42. The standard InChI is InChI=1S/C29H38O4/c1-26-14-15-28(31,20-6-4-3-5-7-20)17-21(26)8-9-24-23(26)10-12-27(2)22(11-13-29(24,27)32)19-16-25(30)33-18-19/h3-7,16,21-24,31-32H,8-15,17-18H2,1-2H3/t21-,22-,23+,24-,26+,27-,28+,29+/m1/s1. The van der Waals surface area contributed by atoms with E-state index in [1.165, 1.54) is 0 Å². The van der Waals surface area contributed by atoms with Crippen molar-refractivity contribution in [3.8, 4) is 0 Å². The fraction of sp³-hybridized carbons (Fsp3) is 0.690. The van der Waals surface area contributed by atoms with Crippen molar-refractivity contribution in [3.63, 3.8) is 0 Å². The molecule has 0 amide bonds. The van der Waals surface area contributed by atoms with E-state index in [-0.39, 0.29) is 22.7 Å². The molecule has 0 bridgehead atoms. The Kier molecular flexibility index (Phi) is 4.75. The Labute approximate surface area is 197 Å². The third kappa shape index (κ3) is 2.92. The highest BCUT2D eigenvalue weighted by Gasteiger charge is 2.68. The van der Waals surface area contributed by atoms with Crippen LogP contribution in [-0.4, -0.2) is 28.4 Å². The van der Waals surface area contributed by atoms with E-state index < -0.39 is 11.2 Å². The molecule has 6 rings (SSSR count). The number of ether oxygens (including phenoxy) is 1. The van der Waals surface area contributed by atoms with Gasteiger partial charge in [0.15, 0.2) is 0 Å². The van der Waals surface area contributed by atoms with Crippen LogP contribution >= 0.6 is 0 Å². The van der Waals surface area contributed by atoms with Gasteiger partial charge in [-0.2, -0.15) is 0 Å². The van der Waals surface area contributed by atoms with Gasteiger partial charge in [0, 0.05) is 11.5 Å². The molecule has 4 nitrogen and oxygen atoms in total. The molecular formula is C29H38O4. The molecule has 1 aromatic rings. The van der Waals surface area contributed by atoms with Crippen molar-refractivity contribution in [2.75, 3.05) is 6.61 Å². The number of carbonyl (C=O) groups excluding carboxylic acids is 1. The zero-order valence-electron chi connectivity index (χ0n) is 20.1. The number of cyclic esters (lactones) is 1. The monoisotopic (exact) mass is 450 g/mol. The quantitative estimate of drug-likeness (QED) is 0.613. The van der Waals surface area contributed by atoms with Crippen LogP contribution < -0.4 is 0 Å². The number of esters is 1. The zero-order chi connectivity index (χ0) is 23.1. The Balaban J connectivity index is 1.28. The molecule has 8 atom stereocenters. The summed E-state index contributed by atoms with van der Waals surface area (Å²) >= 11 is 0. The average molecular weight is 451 g/mol. The number of benzene rings is 1. The highest BCUT2D eigenvalue weighted by Crippen LogP contribution is 2.70. The Morgan fingerprint density at radius 3 is 2.42 bits per heavy atom. The van der Waals surface area contributed by atoms with Gasteiger partial charge in [0.2, 0.25) is 0 Å². The van der Waals surface area contributed by atoms with Gasteiger partial charge in [0.1, 0.15) is 6.61 Å². The van der Waals surface area contributed by atoms with Crippen molar-refractivity contribution in [2.45, 2.75) is 82.8 Å². The molecule has 4 heteroatoms. The number of aliphatic hydroxyl groups is 2. The smallest absolute Gasteiger partial charge is 0.331 e. The Hall–Kier alpha value is -1.65. The first kappa shape index (κ1) is 21.9. The third-order valence-corrected chi connectivity index (χ3v) is 11.4. The SMILES string of the molecule is C[C@]12CC[C@@](O)(c3ccccc3)C[C@H]1CC[C@@H]1[C@@H]2CC[C@]2(C)[C@@H](C3=CC(=O)OC3)CC[C@]12O. The predicted molar refractivity (Wildman–Crippen MR) is 126 cm³/mol. The lowest BCUT2D eigenvalue weighted by Gasteiger charge is -2.64. The van der Waals surface area contributed by atoms with Gasteiger partial charge in [-0.1, -0.05) is 44.2 Å². The van der Waals surface area contributed by atoms with Gasteiger partial charge < -0.3 is 14.9 Å². The van der Waals surface area contributed by atoms with Crippen molar-refractivity contribution in [1.29, 1.82) is 0 Å². The largest absolute Gasteiger partial charge is 0.458 e. The third-order valence-electron chi connectivity index (χ3n) is 11.4. The van der Waals surface area contributed by atoms with Crippen LogP contribution in [-0.2, 0) is 15.1 Å². The summed E-state index contributed by atoms with van der Waals surface area (Å²) in [5, 5.41) is 24.0. The molecule has 1 heterocycles. The topological polar surface area (TPSA) is 66.8 Å². The molecule has 0 unspecified atom stereocenters. The highest BCUT2D eigenvalue weighted by molar-refractivity contribution is 5.85. The van der Waals surface area contributed by atoms with E-state index in [2.05, 4.69) is 26.0 Å². The van der Waals surface area contributed by atoms with E-state index in [4.69, 9.17) is 4.74 Å². The van der Waals surface area contributed by atoms with Crippen molar-refractivity contribution in [2.24, 2.45) is 34.5 Å². The normalized spacial score (nSPS) is 49.0. The first-order valence-electron chi connectivity index (χ1n) is 13.1. The molecule has 2 N–H and O–H groups in total. The van der Waals surface area contributed by atoms with E-state index >= 15 is 0 Å². The van der Waals surface area contributed by atoms with Crippen molar-refractivity contribution >= 4 is 5.97 Å². The van der Waals surface area contributed by atoms with Gasteiger partial charge in [-0.15, -0.1) is 0 Å². The van der Waals surface area contributed by atoms with Crippen LogP contribution in [0.15, 0.2) is 42.0 Å². The van der Waals surface area contributed by atoms with Gasteiger partial charge >= 0.3 is 5.97 Å². The molecule has 178 valence electrons. The summed E-state index contributed by atoms with van der Waals surface area (Å²) in [6, 6.07) is 10.2. The second-order valence-corrected chi connectivity index (χ2v) is 12.4. The van der Waals surface area contributed by atoms with Gasteiger partial charge in [-0.3, -0.25) is 0 Å². The van der Waals surface area contributed by atoms with E-state index in [9.17, 15) is 15.0 Å². The number of carbonyl (C=O) groups is 1. The maximum absolute atomic E-state index is 12.3. The average Bonchev–Trinajstić information content (AvgIpc) is 3.35. The molecule has 0 radical (unpaired) electrons. The molecular weight excluding hydrogens is 412 g/mol. The number of rotatable bonds is 2. The van der Waals surface area contributed by atoms with Crippen LogP contribution in [0, 0.1) is 34.5 Å². The van der Waals surface area contributed by atoms with Gasteiger partial charge in [0.25, 0.3) is 0 Å². The first-order chi connectivity index (χ1) is 15.7.